The fraction of sp³-hybridized carbons (Fsp3) is 0.353. The van der Waals surface area contributed by atoms with Crippen LogP contribution in [-0.2, 0) is 19.1 Å². The summed E-state index contributed by atoms with van der Waals surface area (Å²) >= 11 is 0. The van der Waals surface area contributed by atoms with E-state index < -0.39 is 23.8 Å². The van der Waals surface area contributed by atoms with E-state index in [2.05, 4.69) is 4.99 Å². The summed E-state index contributed by atoms with van der Waals surface area (Å²) in [6, 6.07) is 8.64. The van der Waals surface area contributed by atoms with Crippen molar-refractivity contribution < 1.29 is 24.2 Å². The van der Waals surface area contributed by atoms with Gasteiger partial charge in [-0.1, -0.05) is 30.3 Å². The minimum Gasteiger partial charge on any atom is -0.507 e. The molecule has 6 heteroatoms. The van der Waals surface area contributed by atoms with Gasteiger partial charge in [0.2, 0.25) is 0 Å². The number of rotatable bonds is 6. The average Bonchev–Trinajstić information content (AvgIpc) is 2.53. The van der Waals surface area contributed by atoms with Crippen molar-refractivity contribution in [3.63, 3.8) is 0 Å². The van der Waals surface area contributed by atoms with Crippen LogP contribution in [0.25, 0.3) is 0 Å². The van der Waals surface area contributed by atoms with E-state index in [0.29, 0.717) is 5.56 Å². The number of aliphatic hydroxyl groups excluding tert-OH is 1. The molecule has 1 unspecified atom stereocenters. The smallest absolute Gasteiger partial charge is 0.343 e. The Bertz CT molecular complexity index is 619. The Kier molecular flexibility index (Phi) is 6.99. The van der Waals surface area contributed by atoms with E-state index in [1.54, 1.807) is 44.2 Å². The molecule has 6 nitrogen and oxygen atoms in total. The van der Waals surface area contributed by atoms with Crippen LogP contribution in [0, 0.1) is 0 Å². The second kappa shape index (κ2) is 8.73. The molecule has 0 aliphatic rings. The van der Waals surface area contributed by atoms with Gasteiger partial charge in [-0.3, -0.25) is 9.79 Å². The molecule has 0 aliphatic heterocycles. The predicted molar refractivity (Wildman–Crippen MR) is 86.3 cm³/mol. The van der Waals surface area contributed by atoms with Gasteiger partial charge in [-0.25, -0.2) is 4.79 Å². The first-order valence-electron chi connectivity index (χ1n) is 7.18. The number of aliphatic hydroxyl groups is 1. The van der Waals surface area contributed by atoms with Gasteiger partial charge in [-0.05, 0) is 13.8 Å². The van der Waals surface area contributed by atoms with Crippen LogP contribution < -0.4 is 0 Å². The lowest BCUT2D eigenvalue weighted by atomic mass is 10.0. The maximum absolute atomic E-state index is 12.1. The molecule has 0 heterocycles. The van der Waals surface area contributed by atoms with Gasteiger partial charge in [0.15, 0.2) is 11.9 Å². The highest BCUT2D eigenvalue weighted by molar-refractivity contribution is 6.19. The van der Waals surface area contributed by atoms with E-state index in [1.165, 1.54) is 14.0 Å². The summed E-state index contributed by atoms with van der Waals surface area (Å²) in [5.74, 6) is -1.71. The average molecular weight is 319 g/mol. The summed E-state index contributed by atoms with van der Waals surface area (Å²) in [7, 11) is 1.49. The van der Waals surface area contributed by atoms with Gasteiger partial charge in [0, 0.05) is 25.2 Å². The number of hydrogen-bond donors (Lipinski definition) is 1. The summed E-state index contributed by atoms with van der Waals surface area (Å²) in [6.45, 7) is 4.61. The normalized spacial score (nSPS) is 13.8. The standard InChI is InChI=1S/C17H21NO5/c1-5-22-17(21)14(11(2)18-4)15(20)16(23-12(3)19)13-9-7-6-8-10-13/h6-10,16,20H,5H2,1-4H3/b15-14-,18-11?. The zero-order valence-electron chi connectivity index (χ0n) is 13.7. The molecule has 1 N–H and O–H groups in total. The third-order valence-electron chi connectivity index (χ3n) is 3.07. The van der Waals surface area contributed by atoms with Crippen molar-refractivity contribution in [3.8, 4) is 0 Å². The molecular formula is C17H21NO5. The van der Waals surface area contributed by atoms with Gasteiger partial charge in [-0.2, -0.15) is 0 Å². The molecule has 0 saturated heterocycles. The van der Waals surface area contributed by atoms with Gasteiger partial charge in [0.25, 0.3) is 0 Å². The van der Waals surface area contributed by atoms with Gasteiger partial charge >= 0.3 is 11.9 Å². The molecule has 0 aromatic heterocycles. The van der Waals surface area contributed by atoms with Crippen molar-refractivity contribution in [1.82, 2.24) is 0 Å². The Morgan fingerprint density at radius 1 is 1.22 bits per heavy atom. The van der Waals surface area contributed by atoms with Crippen LogP contribution in [0.4, 0.5) is 0 Å². The molecule has 1 atom stereocenters. The third kappa shape index (κ3) is 4.95. The number of nitrogens with zero attached hydrogens (tertiary/aromatic N) is 1. The van der Waals surface area contributed by atoms with Gasteiger partial charge in [0.1, 0.15) is 5.57 Å². The highest BCUT2D eigenvalue weighted by atomic mass is 16.6. The van der Waals surface area contributed by atoms with Gasteiger partial charge < -0.3 is 14.6 Å². The topological polar surface area (TPSA) is 85.2 Å². The fourth-order valence-electron chi connectivity index (χ4n) is 1.96. The SMILES string of the molecule is CCOC(=O)/C(C(C)=NC)=C(\O)C(OC(C)=O)c1ccccc1. The van der Waals surface area contributed by atoms with Crippen molar-refractivity contribution >= 4 is 17.7 Å². The van der Waals surface area contributed by atoms with Crippen molar-refractivity contribution in [1.29, 1.82) is 0 Å². The monoisotopic (exact) mass is 319 g/mol. The Labute approximate surface area is 135 Å². The first-order chi connectivity index (χ1) is 10.9. The van der Waals surface area contributed by atoms with Gasteiger partial charge in [0.05, 0.1) is 6.61 Å². The summed E-state index contributed by atoms with van der Waals surface area (Å²) in [5, 5.41) is 10.6. The number of aliphatic imine (C=N–C) groups is 1. The second-order valence-electron chi connectivity index (χ2n) is 4.69. The van der Waals surface area contributed by atoms with E-state index in [0.717, 1.165) is 0 Å². The molecular weight excluding hydrogens is 298 g/mol. The highest BCUT2D eigenvalue weighted by Crippen LogP contribution is 2.27. The van der Waals surface area contributed by atoms with Crippen molar-refractivity contribution in [2.75, 3.05) is 13.7 Å². The lowest BCUT2D eigenvalue weighted by molar-refractivity contribution is -0.147. The summed E-state index contributed by atoms with van der Waals surface area (Å²) in [4.78, 5) is 27.5. The lowest BCUT2D eigenvalue weighted by Gasteiger charge is -2.19. The predicted octanol–water partition coefficient (Wildman–Crippen LogP) is 2.76. The van der Waals surface area contributed by atoms with Crippen LogP contribution in [0.15, 0.2) is 46.7 Å². The number of benzene rings is 1. The third-order valence-corrected chi connectivity index (χ3v) is 3.07. The maximum Gasteiger partial charge on any atom is 0.343 e. The second-order valence-corrected chi connectivity index (χ2v) is 4.69. The van der Waals surface area contributed by atoms with Crippen LogP contribution in [0.2, 0.25) is 0 Å². The number of carbonyl (C=O) groups excluding carboxylic acids is 2. The quantitative estimate of drug-likeness (QED) is 0.377. The molecule has 0 aliphatic carbocycles. The molecule has 1 rings (SSSR count). The molecule has 0 amide bonds. The first kappa shape index (κ1) is 18.4. The first-order valence-corrected chi connectivity index (χ1v) is 7.18. The van der Waals surface area contributed by atoms with E-state index >= 15 is 0 Å². The van der Waals surface area contributed by atoms with Crippen LogP contribution in [0.1, 0.15) is 32.4 Å². The zero-order chi connectivity index (χ0) is 17.4. The molecule has 0 spiro atoms. The van der Waals surface area contributed by atoms with Gasteiger partial charge in [-0.15, -0.1) is 0 Å². The fourth-order valence-corrected chi connectivity index (χ4v) is 1.96. The Hall–Kier alpha value is -2.63. The largest absolute Gasteiger partial charge is 0.507 e. The molecule has 1 aromatic carbocycles. The summed E-state index contributed by atoms with van der Waals surface area (Å²) in [5.41, 5.74) is 0.712. The van der Waals surface area contributed by atoms with E-state index in [4.69, 9.17) is 9.47 Å². The van der Waals surface area contributed by atoms with Crippen LogP contribution in [-0.4, -0.2) is 36.4 Å². The number of carbonyl (C=O) groups is 2. The Balaban J connectivity index is 3.44. The Morgan fingerprint density at radius 2 is 1.83 bits per heavy atom. The molecule has 0 radical (unpaired) electrons. The van der Waals surface area contributed by atoms with Crippen molar-refractivity contribution in [2.45, 2.75) is 26.9 Å². The van der Waals surface area contributed by atoms with E-state index in [-0.39, 0.29) is 17.9 Å². The van der Waals surface area contributed by atoms with E-state index in [9.17, 15) is 14.7 Å². The molecule has 124 valence electrons. The van der Waals surface area contributed by atoms with Crippen LogP contribution in [0.5, 0.6) is 0 Å². The lowest BCUT2D eigenvalue weighted by Crippen LogP contribution is -2.21. The Morgan fingerprint density at radius 3 is 2.30 bits per heavy atom. The molecule has 1 aromatic rings. The molecule has 0 fully saturated rings. The maximum atomic E-state index is 12.1. The number of esters is 2. The summed E-state index contributed by atoms with van der Waals surface area (Å²) in [6.07, 6.45) is -1.11. The van der Waals surface area contributed by atoms with Crippen molar-refractivity contribution in [3.05, 3.63) is 47.2 Å². The van der Waals surface area contributed by atoms with Crippen molar-refractivity contribution in [2.24, 2.45) is 4.99 Å². The number of ether oxygens (including phenoxy) is 2. The summed E-state index contributed by atoms with van der Waals surface area (Å²) < 4.78 is 10.2. The minimum absolute atomic E-state index is 0.107. The van der Waals surface area contributed by atoms with Crippen LogP contribution in [0.3, 0.4) is 0 Å². The molecule has 0 saturated carbocycles. The minimum atomic E-state index is -1.11. The zero-order valence-corrected chi connectivity index (χ0v) is 13.7. The van der Waals surface area contributed by atoms with Crippen LogP contribution >= 0.6 is 0 Å². The molecule has 23 heavy (non-hydrogen) atoms. The number of hydrogen-bond acceptors (Lipinski definition) is 6. The van der Waals surface area contributed by atoms with E-state index in [1.807, 2.05) is 0 Å². The highest BCUT2D eigenvalue weighted by Gasteiger charge is 2.28. The molecule has 0 bridgehead atoms.